The number of methoxy groups -OCH3 is 1. The van der Waals surface area contributed by atoms with Gasteiger partial charge in [0, 0.05) is 23.4 Å². The van der Waals surface area contributed by atoms with Crippen LogP contribution in [-0.4, -0.2) is 12.9 Å². The number of ether oxygens (including phenoxy) is 2. The van der Waals surface area contributed by atoms with E-state index in [2.05, 4.69) is 23.5 Å². The lowest BCUT2D eigenvalue weighted by Crippen LogP contribution is -2.33. The summed E-state index contributed by atoms with van der Waals surface area (Å²) in [5, 5.41) is 13.4. The van der Waals surface area contributed by atoms with E-state index >= 15 is 0 Å². The largest absolute Gasteiger partial charge is 0.493 e. The number of nitrogens with zero attached hydrogens (tertiary/aromatic N) is 1. The average Bonchev–Trinajstić information content (AvgIpc) is 2.92. The Hall–Kier alpha value is -4.30. The topological polar surface area (TPSA) is 71.3 Å². The molecule has 0 amide bonds. The van der Waals surface area contributed by atoms with Gasteiger partial charge in [0.1, 0.15) is 6.61 Å². The summed E-state index contributed by atoms with van der Waals surface area (Å²) in [4.78, 5) is 13.6. The number of benzene rings is 3. The van der Waals surface area contributed by atoms with Crippen molar-refractivity contribution in [2.24, 2.45) is 0 Å². The molecule has 5 rings (SSSR count). The van der Waals surface area contributed by atoms with E-state index in [1.54, 1.807) is 7.11 Å². The number of nitriles is 1. The second-order valence-electron chi connectivity index (χ2n) is 9.22. The molecule has 2 aliphatic rings. The van der Waals surface area contributed by atoms with Crippen LogP contribution in [0.3, 0.4) is 0 Å². The summed E-state index contributed by atoms with van der Waals surface area (Å²) in [5.74, 6) is 0.945. The van der Waals surface area contributed by atoms with Crippen LogP contribution in [0.1, 0.15) is 48.3 Å². The highest BCUT2D eigenvalue weighted by Crippen LogP contribution is 2.46. The Kier molecular flexibility index (Phi) is 6.60. The highest BCUT2D eigenvalue weighted by Gasteiger charge is 2.39. The van der Waals surface area contributed by atoms with Crippen LogP contribution in [0.5, 0.6) is 11.5 Å². The molecule has 2 unspecified atom stereocenters. The van der Waals surface area contributed by atoms with Crippen LogP contribution < -0.4 is 14.8 Å². The molecule has 3 aromatic carbocycles. The molecule has 1 N–H and O–H groups in total. The zero-order valence-corrected chi connectivity index (χ0v) is 20.5. The van der Waals surface area contributed by atoms with Gasteiger partial charge in [0.2, 0.25) is 0 Å². The van der Waals surface area contributed by atoms with E-state index in [0.29, 0.717) is 35.7 Å². The number of allylic oxidation sites excluding steroid dienone is 4. The first-order valence-corrected chi connectivity index (χ1v) is 12.1. The molecule has 180 valence electrons. The van der Waals surface area contributed by atoms with E-state index < -0.39 is 5.92 Å². The van der Waals surface area contributed by atoms with E-state index in [9.17, 15) is 10.1 Å². The number of Topliss-reactive ketones (excluding diaryl/α,β-unsaturated/α-hetero) is 1. The molecule has 36 heavy (non-hydrogen) atoms. The van der Waals surface area contributed by atoms with Gasteiger partial charge in [0.15, 0.2) is 17.3 Å². The molecule has 1 aliphatic heterocycles. The molecule has 0 radical (unpaired) electrons. The molecule has 5 heteroatoms. The van der Waals surface area contributed by atoms with Crippen molar-refractivity contribution in [3.63, 3.8) is 0 Å². The maximum absolute atomic E-state index is 13.6. The molecular formula is C31H28N2O3. The van der Waals surface area contributed by atoms with Crippen molar-refractivity contribution in [3.8, 4) is 17.6 Å². The Balaban J connectivity index is 1.49. The summed E-state index contributed by atoms with van der Waals surface area (Å²) in [6.07, 6.45) is 1.15. The highest BCUT2D eigenvalue weighted by molar-refractivity contribution is 6.00. The zero-order valence-electron chi connectivity index (χ0n) is 20.5. The van der Waals surface area contributed by atoms with E-state index in [1.807, 2.05) is 73.7 Å². The summed E-state index contributed by atoms with van der Waals surface area (Å²) in [5.41, 5.74) is 5.99. The van der Waals surface area contributed by atoms with Crippen molar-refractivity contribution in [3.05, 3.63) is 118 Å². The monoisotopic (exact) mass is 476 g/mol. The van der Waals surface area contributed by atoms with Gasteiger partial charge in [-0.3, -0.25) is 4.79 Å². The van der Waals surface area contributed by atoms with Gasteiger partial charge in [-0.25, -0.2) is 0 Å². The molecule has 1 aliphatic carbocycles. The molecule has 0 bridgehead atoms. The smallest absolute Gasteiger partial charge is 0.162 e. The minimum Gasteiger partial charge on any atom is -0.493 e. The minimum absolute atomic E-state index is 0.0752. The van der Waals surface area contributed by atoms with E-state index in [4.69, 9.17) is 9.47 Å². The lowest BCUT2D eigenvalue weighted by atomic mass is 9.72. The van der Waals surface area contributed by atoms with Crippen LogP contribution in [0, 0.1) is 11.3 Å². The summed E-state index contributed by atoms with van der Waals surface area (Å²) >= 11 is 0. The minimum atomic E-state index is -0.437. The SMILES string of the molecule is COc1cc(C2C(C#N)=C(C)NC3=C2C(=O)CC(c2ccccc2)C3)ccc1OCc1ccccc1. The molecule has 0 fully saturated rings. The van der Waals surface area contributed by atoms with E-state index in [-0.39, 0.29) is 11.7 Å². The van der Waals surface area contributed by atoms with Gasteiger partial charge in [-0.05, 0) is 48.1 Å². The Morgan fingerprint density at radius 2 is 1.67 bits per heavy atom. The zero-order chi connectivity index (χ0) is 25.1. The highest BCUT2D eigenvalue weighted by atomic mass is 16.5. The molecule has 2 atom stereocenters. The lowest BCUT2D eigenvalue weighted by molar-refractivity contribution is -0.116. The standard InChI is InChI=1S/C31H28N2O3/c1-20-25(18-32)30(31-26(33-20)15-24(16-27(31)34)22-11-7-4-8-12-22)23-13-14-28(29(17-23)35-2)36-19-21-9-5-3-6-10-21/h3-14,17,24,30,33H,15-16,19H2,1-2H3. The van der Waals surface area contributed by atoms with Gasteiger partial charge >= 0.3 is 0 Å². The Bertz CT molecular complexity index is 1380. The normalized spacial score (nSPS) is 19.3. The number of nitrogens with one attached hydrogen (secondary N) is 1. The fourth-order valence-corrected chi connectivity index (χ4v) is 5.20. The van der Waals surface area contributed by atoms with Crippen LogP contribution in [0.2, 0.25) is 0 Å². The maximum Gasteiger partial charge on any atom is 0.162 e. The first kappa shape index (κ1) is 23.4. The van der Waals surface area contributed by atoms with Gasteiger partial charge in [0.05, 0.1) is 24.7 Å². The maximum atomic E-state index is 13.6. The van der Waals surface area contributed by atoms with Crippen LogP contribution in [0.25, 0.3) is 0 Å². The molecule has 0 saturated heterocycles. The number of carbonyl (C=O) groups is 1. The first-order chi connectivity index (χ1) is 17.6. The van der Waals surface area contributed by atoms with E-state index in [1.165, 1.54) is 0 Å². The number of carbonyl (C=O) groups excluding carboxylic acids is 1. The van der Waals surface area contributed by atoms with Crippen LogP contribution >= 0.6 is 0 Å². The number of ketones is 1. The summed E-state index contributed by atoms with van der Waals surface area (Å²) < 4.78 is 11.7. The van der Waals surface area contributed by atoms with Gasteiger partial charge in [-0.2, -0.15) is 5.26 Å². The summed E-state index contributed by atoms with van der Waals surface area (Å²) in [6, 6.07) is 28.1. The van der Waals surface area contributed by atoms with Crippen LogP contribution in [0.15, 0.2) is 101 Å². The quantitative estimate of drug-likeness (QED) is 0.461. The third kappa shape index (κ3) is 4.50. The van der Waals surface area contributed by atoms with Crippen LogP contribution in [-0.2, 0) is 11.4 Å². The molecule has 0 spiro atoms. The van der Waals surface area contributed by atoms with Crippen molar-refractivity contribution < 1.29 is 14.3 Å². The number of dihydropyridines is 1. The third-order valence-corrected chi connectivity index (χ3v) is 6.98. The average molecular weight is 477 g/mol. The van der Waals surface area contributed by atoms with Gasteiger partial charge < -0.3 is 14.8 Å². The Morgan fingerprint density at radius 1 is 0.944 bits per heavy atom. The van der Waals surface area contributed by atoms with Crippen molar-refractivity contribution in [2.75, 3.05) is 7.11 Å². The van der Waals surface area contributed by atoms with Crippen molar-refractivity contribution in [1.29, 1.82) is 5.26 Å². The predicted molar refractivity (Wildman–Crippen MR) is 138 cm³/mol. The molecule has 5 nitrogen and oxygen atoms in total. The fraction of sp³-hybridized carbons (Fsp3) is 0.226. The molecule has 1 heterocycles. The Morgan fingerprint density at radius 3 is 2.36 bits per heavy atom. The van der Waals surface area contributed by atoms with Crippen molar-refractivity contribution in [1.82, 2.24) is 5.32 Å². The van der Waals surface area contributed by atoms with Gasteiger partial charge in [0.25, 0.3) is 0 Å². The van der Waals surface area contributed by atoms with Gasteiger partial charge in [-0.1, -0.05) is 66.7 Å². The molecule has 0 aromatic heterocycles. The van der Waals surface area contributed by atoms with E-state index in [0.717, 1.165) is 34.5 Å². The molecule has 3 aromatic rings. The van der Waals surface area contributed by atoms with Crippen molar-refractivity contribution >= 4 is 5.78 Å². The summed E-state index contributed by atoms with van der Waals surface area (Å²) in [6.45, 7) is 2.32. The number of rotatable bonds is 6. The first-order valence-electron chi connectivity index (χ1n) is 12.1. The summed E-state index contributed by atoms with van der Waals surface area (Å²) in [7, 11) is 1.60. The molecular weight excluding hydrogens is 448 g/mol. The van der Waals surface area contributed by atoms with Crippen LogP contribution in [0.4, 0.5) is 0 Å². The molecule has 0 saturated carbocycles. The number of hydrogen-bond acceptors (Lipinski definition) is 5. The Labute approximate surface area is 211 Å². The number of hydrogen-bond donors (Lipinski definition) is 1. The second-order valence-corrected chi connectivity index (χ2v) is 9.22. The fourth-order valence-electron chi connectivity index (χ4n) is 5.20. The predicted octanol–water partition coefficient (Wildman–Crippen LogP) is 6.16. The lowest BCUT2D eigenvalue weighted by Gasteiger charge is -2.35. The van der Waals surface area contributed by atoms with Gasteiger partial charge in [-0.15, -0.1) is 0 Å². The second kappa shape index (κ2) is 10.1. The van der Waals surface area contributed by atoms with Crippen molar-refractivity contribution in [2.45, 2.75) is 38.2 Å². The third-order valence-electron chi connectivity index (χ3n) is 6.98.